The molecule has 78 valence electrons. The van der Waals surface area contributed by atoms with Gasteiger partial charge in [-0.25, -0.2) is 0 Å². The lowest BCUT2D eigenvalue weighted by Crippen LogP contribution is -1.99. The van der Waals surface area contributed by atoms with Gasteiger partial charge in [0.05, 0.1) is 0 Å². The van der Waals surface area contributed by atoms with Crippen molar-refractivity contribution in [2.45, 2.75) is 37.4 Å². The monoisotopic (exact) mass is 230 g/mol. The SMILES string of the molecule is CC(Cl)Cc1ccc(CC(C)Cl)cc1. The van der Waals surface area contributed by atoms with E-state index in [1.165, 1.54) is 11.1 Å². The first-order valence-corrected chi connectivity index (χ1v) is 5.81. The number of benzene rings is 1. The first kappa shape index (κ1) is 11.9. The Morgan fingerprint density at radius 2 is 1.14 bits per heavy atom. The van der Waals surface area contributed by atoms with E-state index in [9.17, 15) is 0 Å². The van der Waals surface area contributed by atoms with Gasteiger partial charge in [0, 0.05) is 10.8 Å². The van der Waals surface area contributed by atoms with Crippen molar-refractivity contribution in [1.29, 1.82) is 0 Å². The summed E-state index contributed by atoms with van der Waals surface area (Å²) in [7, 11) is 0. The largest absolute Gasteiger partial charge is 0.123 e. The molecule has 2 unspecified atom stereocenters. The van der Waals surface area contributed by atoms with Crippen LogP contribution in [0.4, 0.5) is 0 Å². The van der Waals surface area contributed by atoms with Crippen LogP contribution in [-0.4, -0.2) is 10.8 Å². The van der Waals surface area contributed by atoms with Crippen LogP contribution in [0.25, 0.3) is 0 Å². The zero-order chi connectivity index (χ0) is 10.6. The zero-order valence-electron chi connectivity index (χ0n) is 8.63. The summed E-state index contributed by atoms with van der Waals surface area (Å²) in [4.78, 5) is 0. The van der Waals surface area contributed by atoms with E-state index in [1.807, 2.05) is 13.8 Å². The van der Waals surface area contributed by atoms with Gasteiger partial charge in [-0.15, -0.1) is 23.2 Å². The third kappa shape index (κ3) is 4.34. The van der Waals surface area contributed by atoms with Crippen LogP contribution in [0.1, 0.15) is 25.0 Å². The highest BCUT2D eigenvalue weighted by Gasteiger charge is 2.01. The Hall–Kier alpha value is -0.200. The zero-order valence-corrected chi connectivity index (χ0v) is 10.1. The lowest BCUT2D eigenvalue weighted by Gasteiger charge is -2.06. The fourth-order valence-electron chi connectivity index (χ4n) is 1.46. The second-order valence-corrected chi connectivity index (χ2v) is 5.28. The van der Waals surface area contributed by atoms with Crippen molar-refractivity contribution in [3.63, 3.8) is 0 Å². The summed E-state index contributed by atoms with van der Waals surface area (Å²) in [6.07, 6.45) is 1.86. The van der Waals surface area contributed by atoms with Gasteiger partial charge in [0.1, 0.15) is 0 Å². The van der Waals surface area contributed by atoms with Crippen LogP contribution in [0.5, 0.6) is 0 Å². The summed E-state index contributed by atoms with van der Waals surface area (Å²) in [6.45, 7) is 4.02. The average Bonchev–Trinajstić information content (AvgIpc) is 2.06. The van der Waals surface area contributed by atoms with E-state index in [2.05, 4.69) is 24.3 Å². The molecule has 0 nitrogen and oxygen atoms in total. The van der Waals surface area contributed by atoms with Crippen molar-refractivity contribution in [1.82, 2.24) is 0 Å². The van der Waals surface area contributed by atoms with Crippen molar-refractivity contribution < 1.29 is 0 Å². The molecular weight excluding hydrogens is 215 g/mol. The Morgan fingerprint density at radius 3 is 1.36 bits per heavy atom. The summed E-state index contributed by atoms with van der Waals surface area (Å²) in [5.41, 5.74) is 2.58. The van der Waals surface area contributed by atoms with Crippen molar-refractivity contribution in [3.05, 3.63) is 35.4 Å². The second kappa shape index (κ2) is 5.63. The van der Waals surface area contributed by atoms with Gasteiger partial charge in [-0.1, -0.05) is 24.3 Å². The molecule has 0 aliphatic carbocycles. The molecule has 0 saturated heterocycles. The van der Waals surface area contributed by atoms with E-state index in [-0.39, 0.29) is 10.8 Å². The lowest BCUT2D eigenvalue weighted by atomic mass is 10.1. The van der Waals surface area contributed by atoms with Crippen LogP contribution in [0.15, 0.2) is 24.3 Å². The molecule has 0 aliphatic heterocycles. The average molecular weight is 231 g/mol. The normalized spacial score (nSPS) is 15.1. The van der Waals surface area contributed by atoms with Gasteiger partial charge in [0.25, 0.3) is 0 Å². The molecule has 1 aromatic rings. The van der Waals surface area contributed by atoms with Crippen LogP contribution in [0.3, 0.4) is 0 Å². The minimum Gasteiger partial charge on any atom is -0.123 e. The van der Waals surface area contributed by atoms with Crippen molar-refractivity contribution in [2.75, 3.05) is 0 Å². The van der Waals surface area contributed by atoms with E-state index in [4.69, 9.17) is 23.2 Å². The molecule has 0 N–H and O–H groups in total. The fraction of sp³-hybridized carbons (Fsp3) is 0.500. The van der Waals surface area contributed by atoms with Gasteiger partial charge in [-0.3, -0.25) is 0 Å². The maximum absolute atomic E-state index is 5.92. The van der Waals surface area contributed by atoms with Crippen LogP contribution in [0, 0.1) is 0 Å². The molecular formula is C12H16Cl2. The molecule has 0 aromatic heterocycles. The molecule has 1 rings (SSSR count). The van der Waals surface area contributed by atoms with E-state index >= 15 is 0 Å². The van der Waals surface area contributed by atoms with Crippen LogP contribution in [0.2, 0.25) is 0 Å². The summed E-state index contributed by atoms with van der Waals surface area (Å²) in [5.74, 6) is 0. The topological polar surface area (TPSA) is 0 Å². The van der Waals surface area contributed by atoms with Crippen LogP contribution < -0.4 is 0 Å². The Bertz CT molecular complexity index is 233. The molecule has 0 bridgehead atoms. The molecule has 1 aromatic carbocycles. The molecule has 0 aliphatic rings. The molecule has 0 amide bonds. The first-order chi connectivity index (χ1) is 6.58. The minimum absolute atomic E-state index is 0.202. The predicted molar refractivity (Wildman–Crippen MR) is 64.5 cm³/mol. The van der Waals surface area contributed by atoms with Gasteiger partial charge in [0.15, 0.2) is 0 Å². The minimum atomic E-state index is 0.202. The maximum atomic E-state index is 5.92. The van der Waals surface area contributed by atoms with E-state index < -0.39 is 0 Å². The van der Waals surface area contributed by atoms with Gasteiger partial charge in [0.2, 0.25) is 0 Å². The summed E-state index contributed by atoms with van der Waals surface area (Å²) in [6, 6.07) is 8.53. The lowest BCUT2D eigenvalue weighted by molar-refractivity contribution is 0.913. The second-order valence-electron chi connectivity index (χ2n) is 3.79. The molecule has 2 heteroatoms. The molecule has 0 heterocycles. The molecule has 0 saturated carbocycles. The van der Waals surface area contributed by atoms with Gasteiger partial charge >= 0.3 is 0 Å². The molecule has 2 atom stereocenters. The number of rotatable bonds is 4. The molecule has 0 radical (unpaired) electrons. The highest BCUT2D eigenvalue weighted by atomic mass is 35.5. The highest BCUT2D eigenvalue weighted by Crippen LogP contribution is 2.12. The third-order valence-electron chi connectivity index (χ3n) is 2.06. The molecule has 0 spiro atoms. The van der Waals surface area contributed by atoms with Crippen molar-refractivity contribution in [3.8, 4) is 0 Å². The van der Waals surface area contributed by atoms with Gasteiger partial charge < -0.3 is 0 Å². The van der Waals surface area contributed by atoms with Crippen molar-refractivity contribution in [2.24, 2.45) is 0 Å². The molecule has 0 fully saturated rings. The highest BCUT2D eigenvalue weighted by molar-refractivity contribution is 6.20. The van der Waals surface area contributed by atoms with Crippen LogP contribution >= 0.6 is 23.2 Å². The maximum Gasteiger partial charge on any atom is 0.0348 e. The Labute approximate surface area is 96.2 Å². The quantitative estimate of drug-likeness (QED) is 0.686. The van der Waals surface area contributed by atoms with Gasteiger partial charge in [-0.2, -0.15) is 0 Å². The standard InChI is InChI=1S/C12H16Cl2/c1-9(13)7-11-3-5-12(6-4-11)8-10(2)14/h3-6,9-10H,7-8H2,1-2H3. The smallest absolute Gasteiger partial charge is 0.0348 e. The fourth-order valence-corrected chi connectivity index (χ4v) is 1.82. The number of halogens is 2. The van der Waals surface area contributed by atoms with E-state index in [1.54, 1.807) is 0 Å². The summed E-state index contributed by atoms with van der Waals surface area (Å²) >= 11 is 11.8. The number of hydrogen-bond donors (Lipinski definition) is 0. The first-order valence-electron chi connectivity index (χ1n) is 4.94. The van der Waals surface area contributed by atoms with E-state index in [0.717, 1.165) is 12.8 Å². The Balaban J connectivity index is 2.59. The van der Waals surface area contributed by atoms with E-state index in [0.29, 0.717) is 0 Å². The molecule has 14 heavy (non-hydrogen) atoms. The van der Waals surface area contributed by atoms with Crippen molar-refractivity contribution >= 4 is 23.2 Å². The Kier molecular flexibility index (Phi) is 4.77. The summed E-state index contributed by atoms with van der Waals surface area (Å²) in [5, 5.41) is 0.403. The van der Waals surface area contributed by atoms with Gasteiger partial charge in [-0.05, 0) is 37.8 Å². The Morgan fingerprint density at radius 1 is 0.857 bits per heavy atom. The number of hydrogen-bond acceptors (Lipinski definition) is 0. The van der Waals surface area contributed by atoms with Crippen LogP contribution in [-0.2, 0) is 12.8 Å². The summed E-state index contributed by atoms with van der Waals surface area (Å²) < 4.78 is 0. The third-order valence-corrected chi connectivity index (χ3v) is 2.37. The number of alkyl halides is 2. The predicted octanol–water partition coefficient (Wildman–Crippen LogP) is 4.03.